The Morgan fingerprint density at radius 3 is 3.06 bits per heavy atom. The first-order valence-corrected chi connectivity index (χ1v) is 6.51. The number of hydrogen-bond donors (Lipinski definition) is 1. The Balaban J connectivity index is 2.03. The molecule has 0 aromatic carbocycles. The summed E-state index contributed by atoms with van der Waals surface area (Å²) in [5, 5.41) is 3.94. The molecule has 0 spiro atoms. The maximum absolute atomic E-state index is 5.30. The molecule has 17 heavy (non-hydrogen) atoms. The molecule has 0 amide bonds. The van der Waals surface area contributed by atoms with Crippen LogP contribution >= 0.6 is 11.8 Å². The number of nitrogens with one attached hydrogen (secondary N) is 1. The van der Waals surface area contributed by atoms with E-state index in [-0.39, 0.29) is 0 Å². The van der Waals surface area contributed by atoms with E-state index in [0.29, 0.717) is 5.22 Å². The van der Waals surface area contributed by atoms with Crippen LogP contribution in [-0.2, 0) is 5.75 Å². The Kier molecular flexibility index (Phi) is 4.03. The van der Waals surface area contributed by atoms with Gasteiger partial charge in [0.25, 0.3) is 5.22 Å². The van der Waals surface area contributed by atoms with Crippen LogP contribution in [0.25, 0.3) is 0 Å². The van der Waals surface area contributed by atoms with Gasteiger partial charge in [0.1, 0.15) is 12.1 Å². The van der Waals surface area contributed by atoms with Gasteiger partial charge in [-0.2, -0.15) is 0 Å². The second kappa shape index (κ2) is 5.72. The molecule has 0 atom stereocenters. The Labute approximate surface area is 105 Å². The van der Waals surface area contributed by atoms with E-state index in [1.165, 1.54) is 0 Å². The number of hydrogen-bond acceptors (Lipinski definition) is 5. The SMILES string of the molecule is CCNc1ncccc1CSc1nc(C)co1. The number of aryl methyl sites for hydroxylation is 1. The summed E-state index contributed by atoms with van der Waals surface area (Å²) < 4.78 is 5.30. The smallest absolute Gasteiger partial charge is 0.256 e. The monoisotopic (exact) mass is 249 g/mol. The minimum Gasteiger partial charge on any atom is -0.440 e. The summed E-state index contributed by atoms with van der Waals surface area (Å²) in [6, 6.07) is 4.01. The molecule has 5 heteroatoms. The summed E-state index contributed by atoms with van der Waals surface area (Å²) in [5.74, 6) is 1.74. The molecule has 0 bridgehead atoms. The Hall–Kier alpha value is -1.49. The summed E-state index contributed by atoms with van der Waals surface area (Å²) in [6.07, 6.45) is 3.46. The molecule has 2 aromatic heterocycles. The topological polar surface area (TPSA) is 51.0 Å². The number of anilines is 1. The molecule has 0 unspecified atom stereocenters. The maximum Gasteiger partial charge on any atom is 0.256 e. The van der Waals surface area contributed by atoms with E-state index in [2.05, 4.69) is 28.3 Å². The van der Waals surface area contributed by atoms with Crippen molar-refractivity contribution in [1.29, 1.82) is 0 Å². The van der Waals surface area contributed by atoms with Crippen molar-refractivity contribution < 1.29 is 4.42 Å². The highest BCUT2D eigenvalue weighted by Gasteiger charge is 2.06. The first kappa shape index (κ1) is 12.0. The minimum absolute atomic E-state index is 0.703. The summed E-state index contributed by atoms with van der Waals surface area (Å²) in [7, 11) is 0. The summed E-state index contributed by atoms with van der Waals surface area (Å²) >= 11 is 1.58. The van der Waals surface area contributed by atoms with Crippen LogP contribution in [0, 0.1) is 6.92 Å². The summed E-state index contributed by atoms with van der Waals surface area (Å²) in [6.45, 7) is 4.84. The average molecular weight is 249 g/mol. The molecular formula is C12H15N3OS. The van der Waals surface area contributed by atoms with E-state index in [1.54, 1.807) is 24.2 Å². The highest BCUT2D eigenvalue weighted by atomic mass is 32.2. The fraction of sp³-hybridized carbons (Fsp3) is 0.333. The molecule has 2 rings (SSSR count). The number of pyridine rings is 1. The molecule has 0 radical (unpaired) electrons. The third-order valence-corrected chi connectivity index (χ3v) is 3.07. The maximum atomic E-state index is 5.30. The molecule has 0 saturated carbocycles. The van der Waals surface area contributed by atoms with Crippen molar-refractivity contribution in [1.82, 2.24) is 9.97 Å². The number of rotatable bonds is 5. The number of nitrogens with zero attached hydrogens (tertiary/aromatic N) is 2. The molecule has 0 fully saturated rings. The van der Waals surface area contributed by atoms with Gasteiger partial charge in [-0.3, -0.25) is 0 Å². The number of thioether (sulfide) groups is 1. The second-order valence-electron chi connectivity index (χ2n) is 3.58. The standard InChI is InChI=1S/C12H15N3OS/c1-3-13-11-10(5-4-6-14-11)8-17-12-15-9(2)7-16-12/h4-7H,3,8H2,1-2H3,(H,13,14). The van der Waals surface area contributed by atoms with Gasteiger partial charge in [-0.05, 0) is 19.9 Å². The van der Waals surface area contributed by atoms with Crippen molar-refractivity contribution in [3.05, 3.63) is 35.9 Å². The highest BCUT2D eigenvalue weighted by molar-refractivity contribution is 7.98. The van der Waals surface area contributed by atoms with Gasteiger partial charge in [0.2, 0.25) is 0 Å². The normalized spacial score (nSPS) is 10.5. The number of oxazole rings is 1. The molecule has 0 aliphatic carbocycles. The third kappa shape index (κ3) is 3.23. The lowest BCUT2D eigenvalue weighted by Crippen LogP contribution is -2.02. The summed E-state index contributed by atoms with van der Waals surface area (Å²) in [4.78, 5) is 8.57. The van der Waals surface area contributed by atoms with Crippen molar-refractivity contribution in [3.8, 4) is 0 Å². The first-order chi connectivity index (χ1) is 8.29. The van der Waals surface area contributed by atoms with Crippen LogP contribution in [-0.4, -0.2) is 16.5 Å². The van der Waals surface area contributed by atoms with Crippen LogP contribution < -0.4 is 5.32 Å². The zero-order chi connectivity index (χ0) is 12.1. The van der Waals surface area contributed by atoms with Crippen molar-refractivity contribution in [3.63, 3.8) is 0 Å². The van der Waals surface area contributed by atoms with Gasteiger partial charge in [0, 0.05) is 24.1 Å². The van der Waals surface area contributed by atoms with E-state index in [1.807, 2.05) is 13.0 Å². The lowest BCUT2D eigenvalue weighted by molar-refractivity contribution is 0.454. The first-order valence-electron chi connectivity index (χ1n) is 5.52. The fourth-order valence-corrected chi connectivity index (χ4v) is 2.26. The summed E-state index contributed by atoms with van der Waals surface area (Å²) in [5.41, 5.74) is 2.07. The highest BCUT2D eigenvalue weighted by Crippen LogP contribution is 2.24. The number of aromatic nitrogens is 2. The van der Waals surface area contributed by atoms with Crippen LogP contribution in [0.1, 0.15) is 18.2 Å². The van der Waals surface area contributed by atoms with Gasteiger partial charge < -0.3 is 9.73 Å². The third-order valence-electron chi connectivity index (χ3n) is 2.18. The fourth-order valence-electron chi connectivity index (χ4n) is 1.42. The van der Waals surface area contributed by atoms with E-state index < -0.39 is 0 Å². The molecular weight excluding hydrogens is 234 g/mol. The van der Waals surface area contributed by atoms with Crippen molar-refractivity contribution >= 4 is 17.6 Å². The van der Waals surface area contributed by atoms with Crippen LogP contribution in [0.5, 0.6) is 0 Å². The van der Waals surface area contributed by atoms with Crippen LogP contribution in [0.3, 0.4) is 0 Å². The largest absolute Gasteiger partial charge is 0.440 e. The van der Waals surface area contributed by atoms with E-state index in [0.717, 1.165) is 29.4 Å². The quantitative estimate of drug-likeness (QED) is 0.825. The Morgan fingerprint density at radius 2 is 2.35 bits per heavy atom. The van der Waals surface area contributed by atoms with E-state index in [9.17, 15) is 0 Å². The van der Waals surface area contributed by atoms with Crippen molar-refractivity contribution in [2.75, 3.05) is 11.9 Å². The zero-order valence-corrected chi connectivity index (χ0v) is 10.8. The van der Waals surface area contributed by atoms with Gasteiger partial charge in [-0.1, -0.05) is 17.8 Å². The molecule has 0 aliphatic rings. The Morgan fingerprint density at radius 1 is 1.47 bits per heavy atom. The second-order valence-corrected chi connectivity index (χ2v) is 4.51. The molecule has 0 aliphatic heterocycles. The molecule has 1 N–H and O–H groups in total. The van der Waals surface area contributed by atoms with E-state index in [4.69, 9.17) is 4.42 Å². The van der Waals surface area contributed by atoms with E-state index >= 15 is 0 Å². The zero-order valence-electron chi connectivity index (χ0n) is 9.93. The van der Waals surface area contributed by atoms with Crippen molar-refractivity contribution in [2.24, 2.45) is 0 Å². The van der Waals surface area contributed by atoms with Gasteiger partial charge in [0.15, 0.2) is 0 Å². The van der Waals surface area contributed by atoms with Crippen molar-refractivity contribution in [2.45, 2.75) is 24.8 Å². The average Bonchev–Trinajstić information content (AvgIpc) is 2.74. The lowest BCUT2D eigenvalue weighted by atomic mass is 10.3. The van der Waals surface area contributed by atoms with Crippen LogP contribution in [0.15, 0.2) is 34.2 Å². The predicted octanol–water partition coefficient (Wildman–Crippen LogP) is 3.10. The van der Waals surface area contributed by atoms with Crippen LogP contribution in [0.4, 0.5) is 5.82 Å². The lowest BCUT2D eigenvalue weighted by Gasteiger charge is -2.07. The Bertz CT molecular complexity index is 484. The van der Waals surface area contributed by atoms with Gasteiger partial charge in [0.05, 0.1) is 5.69 Å². The van der Waals surface area contributed by atoms with Gasteiger partial charge >= 0.3 is 0 Å². The predicted molar refractivity (Wildman–Crippen MR) is 69.2 cm³/mol. The molecule has 2 heterocycles. The molecule has 0 saturated heterocycles. The van der Waals surface area contributed by atoms with Gasteiger partial charge in [-0.25, -0.2) is 9.97 Å². The molecule has 4 nitrogen and oxygen atoms in total. The minimum atomic E-state index is 0.703. The van der Waals surface area contributed by atoms with Crippen LogP contribution in [0.2, 0.25) is 0 Å². The van der Waals surface area contributed by atoms with Gasteiger partial charge in [-0.15, -0.1) is 0 Å². The molecule has 90 valence electrons. The molecule has 2 aromatic rings.